The summed E-state index contributed by atoms with van der Waals surface area (Å²) < 4.78 is 64.0. The lowest BCUT2D eigenvalue weighted by Crippen LogP contribution is -2.36. The maximum absolute atomic E-state index is 14.3. The number of para-hydroxylation sites is 1. The second-order valence-electron chi connectivity index (χ2n) is 6.11. The number of hydrogen-bond acceptors (Lipinski definition) is 5. The minimum atomic E-state index is -4.62. The van der Waals surface area contributed by atoms with E-state index in [0.29, 0.717) is 0 Å². The van der Waals surface area contributed by atoms with Crippen LogP contribution in [0.15, 0.2) is 41.4 Å². The number of halogens is 5. The van der Waals surface area contributed by atoms with Crippen molar-refractivity contribution < 1.29 is 31.8 Å². The van der Waals surface area contributed by atoms with E-state index < -0.39 is 29.6 Å². The SMILES string of the molecule is COC(=O)C[C@H]1c2cccc(F)c2N=C(Cl)N1c1cc(C(F)(F)F)ccc1OC. The summed E-state index contributed by atoms with van der Waals surface area (Å²) in [4.78, 5) is 17.2. The molecular formula is C19H15ClF4N2O3. The van der Waals surface area contributed by atoms with Crippen molar-refractivity contribution in [2.24, 2.45) is 4.99 Å². The van der Waals surface area contributed by atoms with Crippen molar-refractivity contribution in [2.45, 2.75) is 18.6 Å². The molecule has 2 aromatic carbocycles. The van der Waals surface area contributed by atoms with Crippen molar-refractivity contribution in [1.82, 2.24) is 0 Å². The first kappa shape index (κ1) is 20.9. The molecule has 0 radical (unpaired) electrons. The van der Waals surface area contributed by atoms with Crippen molar-refractivity contribution in [1.29, 1.82) is 0 Å². The zero-order valence-electron chi connectivity index (χ0n) is 15.3. The van der Waals surface area contributed by atoms with Crippen LogP contribution < -0.4 is 9.64 Å². The van der Waals surface area contributed by atoms with Gasteiger partial charge in [0.25, 0.3) is 0 Å². The summed E-state index contributed by atoms with van der Waals surface area (Å²) in [7, 11) is 2.45. The average Bonchev–Trinajstić information content (AvgIpc) is 2.67. The zero-order valence-corrected chi connectivity index (χ0v) is 16.0. The molecule has 3 rings (SSSR count). The third-order valence-corrected chi connectivity index (χ3v) is 4.71. The number of rotatable bonds is 4. The molecule has 0 amide bonds. The maximum atomic E-state index is 14.3. The van der Waals surface area contributed by atoms with Crippen LogP contribution in [0, 0.1) is 5.82 Å². The first-order valence-electron chi connectivity index (χ1n) is 8.31. The van der Waals surface area contributed by atoms with Crippen molar-refractivity contribution in [3.05, 3.63) is 53.3 Å². The van der Waals surface area contributed by atoms with Gasteiger partial charge in [-0.05, 0) is 35.9 Å². The number of alkyl halides is 3. The van der Waals surface area contributed by atoms with E-state index in [1.165, 1.54) is 37.3 Å². The molecule has 154 valence electrons. The lowest BCUT2D eigenvalue weighted by molar-refractivity contribution is -0.141. The van der Waals surface area contributed by atoms with Gasteiger partial charge in [-0.1, -0.05) is 12.1 Å². The van der Waals surface area contributed by atoms with Crippen LogP contribution >= 0.6 is 11.6 Å². The number of fused-ring (bicyclic) bond motifs is 1. The van der Waals surface area contributed by atoms with Crippen LogP contribution in [-0.4, -0.2) is 25.5 Å². The summed E-state index contributed by atoms with van der Waals surface area (Å²) in [6, 6.07) is 5.98. The topological polar surface area (TPSA) is 51.1 Å². The molecule has 0 saturated carbocycles. The Morgan fingerprint density at radius 2 is 1.97 bits per heavy atom. The van der Waals surface area contributed by atoms with Crippen LogP contribution in [-0.2, 0) is 15.7 Å². The maximum Gasteiger partial charge on any atom is 0.416 e. The van der Waals surface area contributed by atoms with E-state index in [0.717, 1.165) is 18.2 Å². The fourth-order valence-corrected chi connectivity index (χ4v) is 3.39. The average molecular weight is 431 g/mol. The highest BCUT2D eigenvalue weighted by molar-refractivity contribution is 6.68. The van der Waals surface area contributed by atoms with Crippen LogP contribution in [0.1, 0.15) is 23.6 Å². The predicted molar refractivity (Wildman–Crippen MR) is 99.2 cm³/mol. The molecule has 1 aliphatic rings. The molecule has 2 aromatic rings. The van der Waals surface area contributed by atoms with E-state index in [4.69, 9.17) is 21.1 Å². The Hall–Kier alpha value is -2.81. The van der Waals surface area contributed by atoms with Gasteiger partial charge >= 0.3 is 12.1 Å². The Balaban J connectivity index is 2.23. The molecule has 1 heterocycles. The number of esters is 1. The van der Waals surface area contributed by atoms with Gasteiger partial charge in [-0.15, -0.1) is 0 Å². The number of methoxy groups -OCH3 is 2. The van der Waals surface area contributed by atoms with Crippen molar-refractivity contribution in [3.63, 3.8) is 0 Å². The highest BCUT2D eigenvalue weighted by atomic mass is 35.5. The van der Waals surface area contributed by atoms with Crippen LogP contribution in [0.25, 0.3) is 0 Å². The Labute approximate surface area is 168 Å². The zero-order chi connectivity index (χ0) is 21.3. The second kappa shape index (κ2) is 7.90. The van der Waals surface area contributed by atoms with Gasteiger partial charge in [0, 0.05) is 5.56 Å². The van der Waals surface area contributed by atoms with Crippen LogP contribution in [0.5, 0.6) is 5.75 Å². The molecule has 0 N–H and O–H groups in total. The third-order valence-electron chi connectivity index (χ3n) is 4.44. The summed E-state index contributed by atoms with van der Waals surface area (Å²) in [6.07, 6.45) is -4.93. The minimum absolute atomic E-state index is 0.0695. The molecule has 1 aliphatic heterocycles. The molecule has 0 fully saturated rings. The molecule has 5 nitrogen and oxygen atoms in total. The quantitative estimate of drug-likeness (QED) is 0.380. The normalized spacial score (nSPS) is 16.2. The van der Waals surface area contributed by atoms with Gasteiger partial charge < -0.3 is 14.4 Å². The third kappa shape index (κ3) is 4.00. The fraction of sp³-hybridized carbons (Fsp3) is 0.263. The second-order valence-corrected chi connectivity index (χ2v) is 6.45. The molecule has 1 atom stereocenters. The Morgan fingerprint density at radius 3 is 2.59 bits per heavy atom. The summed E-state index contributed by atoms with van der Waals surface area (Å²) >= 11 is 6.25. The van der Waals surface area contributed by atoms with Crippen LogP contribution in [0.3, 0.4) is 0 Å². The van der Waals surface area contributed by atoms with Crippen molar-refractivity contribution in [2.75, 3.05) is 19.1 Å². The summed E-state index contributed by atoms with van der Waals surface area (Å²) in [6.45, 7) is 0. The molecule has 0 aliphatic carbocycles. The van der Waals surface area contributed by atoms with E-state index in [9.17, 15) is 22.4 Å². The molecular weight excluding hydrogens is 416 g/mol. The monoisotopic (exact) mass is 430 g/mol. The Morgan fingerprint density at radius 1 is 1.24 bits per heavy atom. The molecule has 29 heavy (non-hydrogen) atoms. The number of nitrogens with zero attached hydrogens (tertiary/aromatic N) is 2. The first-order chi connectivity index (χ1) is 13.7. The highest BCUT2D eigenvalue weighted by Gasteiger charge is 2.37. The van der Waals surface area contributed by atoms with Gasteiger partial charge in [0.2, 0.25) is 5.29 Å². The van der Waals surface area contributed by atoms with Crippen molar-refractivity contribution in [3.8, 4) is 5.75 Å². The first-order valence-corrected chi connectivity index (χ1v) is 8.69. The van der Waals surface area contributed by atoms with Crippen LogP contribution in [0.2, 0.25) is 0 Å². The summed E-state index contributed by atoms with van der Waals surface area (Å²) in [5.41, 5.74) is -0.827. The number of aliphatic imine (C=N–C) groups is 1. The molecule has 0 bridgehead atoms. The van der Waals surface area contributed by atoms with Gasteiger partial charge in [-0.2, -0.15) is 13.2 Å². The largest absolute Gasteiger partial charge is 0.495 e. The van der Waals surface area contributed by atoms with Gasteiger partial charge in [0.15, 0.2) is 0 Å². The molecule has 0 saturated heterocycles. The van der Waals surface area contributed by atoms with Gasteiger partial charge in [-0.3, -0.25) is 4.79 Å². The van der Waals surface area contributed by atoms with Crippen LogP contribution in [0.4, 0.5) is 28.9 Å². The van der Waals surface area contributed by atoms with Crippen molar-refractivity contribution >= 4 is 34.2 Å². The number of anilines is 1. The predicted octanol–water partition coefficient (Wildman–Crippen LogP) is 5.20. The molecule has 0 unspecified atom stereocenters. The van der Waals surface area contributed by atoms with E-state index in [1.54, 1.807) is 0 Å². The number of carbonyl (C=O) groups excluding carboxylic acids is 1. The molecule has 0 spiro atoms. The number of carbonyl (C=O) groups is 1. The van der Waals surface area contributed by atoms with E-state index in [-0.39, 0.29) is 34.4 Å². The number of amidine groups is 1. The number of ether oxygens (including phenoxy) is 2. The molecule has 10 heteroatoms. The van der Waals surface area contributed by atoms with E-state index >= 15 is 0 Å². The molecule has 0 aromatic heterocycles. The lowest BCUT2D eigenvalue weighted by atomic mass is 9.97. The lowest BCUT2D eigenvalue weighted by Gasteiger charge is -2.36. The number of benzene rings is 2. The van der Waals surface area contributed by atoms with Gasteiger partial charge in [0.1, 0.15) is 17.3 Å². The summed E-state index contributed by atoms with van der Waals surface area (Å²) in [5.74, 6) is -1.26. The number of hydrogen-bond donors (Lipinski definition) is 0. The fourth-order valence-electron chi connectivity index (χ4n) is 3.10. The van der Waals surface area contributed by atoms with E-state index in [1.807, 2.05) is 0 Å². The Kier molecular flexibility index (Phi) is 5.70. The van der Waals surface area contributed by atoms with Gasteiger partial charge in [0.05, 0.1) is 37.9 Å². The Bertz CT molecular complexity index is 978. The highest BCUT2D eigenvalue weighted by Crippen LogP contribution is 2.46. The smallest absolute Gasteiger partial charge is 0.416 e. The van der Waals surface area contributed by atoms with E-state index in [2.05, 4.69) is 4.99 Å². The minimum Gasteiger partial charge on any atom is -0.495 e. The standard InChI is InChI=1S/C19H15ClF4N2O3/c1-28-15-7-6-10(19(22,23)24)8-14(15)26-13(9-16(27)29-2)11-4-3-5-12(21)17(11)25-18(26)20/h3-8,13H,9H2,1-2H3/t13-/m0/s1. The summed E-state index contributed by atoms with van der Waals surface area (Å²) in [5, 5.41) is -0.311. The van der Waals surface area contributed by atoms with Gasteiger partial charge in [-0.25, -0.2) is 9.38 Å².